The molecule has 1 atom stereocenters. The second kappa shape index (κ2) is 9.09. The van der Waals surface area contributed by atoms with Crippen LogP contribution in [0.1, 0.15) is 76.8 Å². The Morgan fingerprint density at radius 1 is 0.967 bits per heavy atom. The molecule has 2 rings (SSSR count). The largest absolute Gasteiger partial charge is 0.508 e. The van der Waals surface area contributed by atoms with Crippen molar-refractivity contribution in [2.24, 2.45) is 0 Å². The first-order valence-corrected chi connectivity index (χ1v) is 10.4. The summed E-state index contributed by atoms with van der Waals surface area (Å²) in [6, 6.07) is 9.97. The number of phenolic OH excluding ortho intramolecular Hbond substituents is 2. The van der Waals surface area contributed by atoms with Gasteiger partial charge in [-0.15, -0.1) is 0 Å². The van der Waals surface area contributed by atoms with Gasteiger partial charge in [0.2, 0.25) is 0 Å². The molecule has 164 valence electrons. The van der Waals surface area contributed by atoms with Gasteiger partial charge in [-0.3, -0.25) is 5.32 Å². The molecule has 0 spiro atoms. The maximum absolute atomic E-state index is 12.8. The highest BCUT2D eigenvalue weighted by Crippen LogP contribution is 2.41. The number of nitrogens with one attached hydrogen (secondary N) is 1. The van der Waals surface area contributed by atoms with E-state index in [9.17, 15) is 15.0 Å². The van der Waals surface area contributed by atoms with Gasteiger partial charge in [0.1, 0.15) is 17.5 Å². The van der Waals surface area contributed by atoms with Gasteiger partial charge in [0.05, 0.1) is 6.61 Å². The van der Waals surface area contributed by atoms with Crippen molar-refractivity contribution < 1.29 is 19.7 Å². The van der Waals surface area contributed by atoms with E-state index in [1.165, 1.54) is 0 Å². The molecule has 5 heteroatoms. The lowest BCUT2D eigenvalue weighted by atomic mass is 9.77. The van der Waals surface area contributed by atoms with E-state index in [1.807, 2.05) is 65.8 Å². The molecular formula is C25H35NO4. The number of benzene rings is 2. The summed E-state index contributed by atoms with van der Waals surface area (Å²) in [5, 5.41) is 23.8. The molecule has 30 heavy (non-hydrogen) atoms. The van der Waals surface area contributed by atoms with E-state index in [2.05, 4.69) is 5.32 Å². The van der Waals surface area contributed by atoms with E-state index >= 15 is 0 Å². The maximum atomic E-state index is 12.8. The molecule has 1 unspecified atom stereocenters. The van der Waals surface area contributed by atoms with Crippen molar-refractivity contribution in [1.29, 1.82) is 0 Å². The number of carbonyl (C=O) groups excluding carboxylic acids is 1. The molecule has 0 saturated heterocycles. The molecule has 0 fully saturated rings. The van der Waals surface area contributed by atoms with Crippen LogP contribution >= 0.6 is 0 Å². The number of esters is 1. The minimum atomic E-state index is -0.679. The fourth-order valence-electron chi connectivity index (χ4n) is 3.36. The summed E-state index contributed by atoms with van der Waals surface area (Å²) in [5.74, 6) is 0.116. The third-order valence-corrected chi connectivity index (χ3v) is 5.05. The Labute approximate surface area is 180 Å². The quantitative estimate of drug-likeness (QED) is 0.575. The van der Waals surface area contributed by atoms with Crippen LogP contribution in [-0.2, 0) is 26.9 Å². The fraction of sp³-hybridized carbons (Fsp3) is 0.480. The molecule has 0 aliphatic carbocycles. The van der Waals surface area contributed by atoms with Gasteiger partial charge in [-0.25, -0.2) is 4.79 Å². The predicted octanol–water partition coefficient (Wildman–Crippen LogP) is 5.09. The van der Waals surface area contributed by atoms with Crippen molar-refractivity contribution >= 4 is 5.97 Å². The fourth-order valence-corrected chi connectivity index (χ4v) is 3.36. The van der Waals surface area contributed by atoms with Crippen LogP contribution in [0.5, 0.6) is 11.5 Å². The third-order valence-electron chi connectivity index (χ3n) is 5.05. The Bertz CT molecular complexity index is 838. The van der Waals surface area contributed by atoms with Crippen molar-refractivity contribution in [3.63, 3.8) is 0 Å². The summed E-state index contributed by atoms with van der Waals surface area (Å²) in [6.45, 7) is 14.8. The highest BCUT2D eigenvalue weighted by molar-refractivity contribution is 5.78. The number of carbonyl (C=O) groups is 1. The van der Waals surface area contributed by atoms with E-state index in [4.69, 9.17) is 4.74 Å². The lowest BCUT2D eigenvalue weighted by Crippen LogP contribution is -2.31. The van der Waals surface area contributed by atoms with Crippen LogP contribution in [0.15, 0.2) is 36.4 Å². The third kappa shape index (κ3) is 5.76. The molecule has 0 saturated carbocycles. The van der Waals surface area contributed by atoms with Crippen molar-refractivity contribution in [1.82, 2.24) is 5.32 Å². The molecule has 0 radical (unpaired) electrons. The average Bonchev–Trinajstić information content (AvgIpc) is 2.62. The first-order chi connectivity index (χ1) is 13.8. The van der Waals surface area contributed by atoms with Gasteiger partial charge >= 0.3 is 5.97 Å². The van der Waals surface area contributed by atoms with E-state index in [-0.39, 0.29) is 34.9 Å². The topological polar surface area (TPSA) is 78.8 Å². The first-order valence-electron chi connectivity index (χ1n) is 10.4. The van der Waals surface area contributed by atoms with E-state index in [0.717, 1.165) is 22.3 Å². The number of aromatic hydroxyl groups is 2. The molecule has 2 aromatic rings. The van der Waals surface area contributed by atoms with Crippen molar-refractivity contribution in [2.75, 3.05) is 6.61 Å². The molecule has 5 nitrogen and oxygen atoms in total. The molecule has 0 aliphatic rings. The minimum Gasteiger partial charge on any atom is -0.508 e. The molecule has 0 heterocycles. The smallest absolute Gasteiger partial charge is 0.327 e. The van der Waals surface area contributed by atoms with Crippen LogP contribution in [0.25, 0.3) is 0 Å². The van der Waals surface area contributed by atoms with E-state index in [0.29, 0.717) is 6.54 Å². The zero-order valence-corrected chi connectivity index (χ0v) is 19.2. The minimum absolute atomic E-state index is 0.198. The van der Waals surface area contributed by atoms with Crippen LogP contribution in [-0.4, -0.2) is 22.8 Å². The van der Waals surface area contributed by atoms with Gasteiger partial charge in [0.15, 0.2) is 0 Å². The number of ether oxygens (including phenoxy) is 1. The van der Waals surface area contributed by atoms with Gasteiger partial charge in [0, 0.05) is 6.54 Å². The second-order valence-corrected chi connectivity index (χ2v) is 9.70. The molecule has 2 aromatic carbocycles. The summed E-state index contributed by atoms with van der Waals surface area (Å²) in [7, 11) is 0. The van der Waals surface area contributed by atoms with Crippen LogP contribution in [0.4, 0.5) is 0 Å². The molecule has 0 aromatic heterocycles. The summed E-state index contributed by atoms with van der Waals surface area (Å²) >= 11 is 0. The van der Waals surface area contributed by atoms with Crippen molar-refractivity contribution in [3.8, 4) is 11.5 Å². The van der Waals surface area contributed by atoms with Crippen molar-refractivity contribution in [2.45, 2.75) is 71.9 Å². The molecule has 0 bridgehead atoms. The predicted molar refractivity (Wildman–Crippen MR) is 120 cm³/mol. The highest BCUT2D eigenvalue weighted by Gasteiger charge is 2.30. The first kappa shape index (κ1) is 23.7. The monoisotopic (exact) mass is 413 g/mol. The number of hydrogen-bond donors (Lipinski definition) is 3. The zero-order chi connectivity index (χ0) is 22.7. The standard InChI is InChI=1S/C25H35NO4/c1-8-30-23(29)21(26-15-16-9-11-18(27)12-10-16)17-13-19(24(2,3)4)22(28)20(14-17)25(5,6)7/h9-14,21,26-28H,8,15H2,1-7H3. The molecule has 0 aliphatic heterocycles. The van der Waals surface area contributed by atoms with Crippen LogP contribution in [0.3, 0.4) is 0 Å². The summed E-state index contributed by atoms with van der Waals surface area (Å²) in [6.07, 6.45) is 0. The molecular weight excluding hydrogens is 378 g/mol. The van der Waals surface area contributed by atoms with Gasteiger partial charge < -0.3 is 14.9 Å². The lowest BCUT2D eigenvalue weighted by molar-refractivity contribution is -0.145. The summed E-state index contributed by atoms with van der Waals surface area (Å²) in [4.78, 5) is 12.8. The Morgan fingerprint density at radius 2 is 1.47 bits per heavy atom. The van der Waals surface area contributed by atoms with Gasteiger partial charge in [0.25, 0.3) is 0 Å². The van der Waals surface area contributed by atoms with Gasteiger partial charge in [-0.05, 0) is 64.3 Å². The number of hydrogen-bond acceptors (Lipinski definition) is 5. The summed E-state index contributed by atoms with van der Waals surface area (Å²) in [5.41, 5.74) is 2.70. The van der Waals surface area contributed by atoms with E-state index in [1.54, 1.807) is 19.1 Å². The highest BCUT2D eigenvalue weighted by atomic mass is 16.5. The average molecular weight is 414 g/mol. The lowest BCUT2D eigenvalue weighted by Gasteiger charge is -2.29. The second-order valence-electron chi connectivity index (χ2n) is 9.70. The van der Waals surface area contributed by atoms with Crippen LogP contribution in [0, 0.1) is 0 Å². The Kier molecular flexibility index (Phi) is 7.19. The Balaban J connectivity index is 2.53. The Hall–Kier alpha value is -2.53. The number of rotatable bonds is 6. The Morgan fingerprint density at radius 3 is 1.90 bits per heavy atom. The SMILES string of the molecule is CCOC(=O)C(NCc1ccc(O)cc1)c1cc(C(C)(C)C)c(O)c(C(C)(C)C)c1. The van der Waals surface area contributed by atoms with Gasteiger partial charge in [-0.1, -0.05) is 53.7 Å². The van der Waals surface area contributed by atoms with Crippen molar-refractivity contribution in [3.05, 3.63) is 58.7 Å². The van der Waals surface area contributed by atoms with Crippen LogP contribution in [0.2, 0.25) is 0 Å². The molecule has 0 amide bonds. The van der Waals surface area contributed by atoms with Crippen LogP contribution < -0.4 is 5.32 Å². The number of phenols is 2. The molecule has 3 N–H and O–H groups in total. The van der Waals surface area contributed by atoms with Gasteiger partial charge in [-0.2, -0.15) is 0 Å². The normalized spacial score (nSPS) is 13.2. The van der Waals surface area contributed by atoms with E-state index < -0.39 is 6.04 Å². The maximum Gasteiger partial charge on any atom is 0.327 e. The summed E-state index contributed by atoms with van der Waals surface area (Å²) < 4.78 is 5.34. The zero-order valence-electron chi connectivity index (χ0n) is 19.2.